The molecule has 3 rings (SSSR count). The SMILES string of the molecule is Cc1occc1C(=O)Nc1nc(-c2cccs2)cs1. The molecular formula is C13H10N2O2S2. The molecule has 0 atom stereocenters. The third-order valence-corrected chi connectivity index (χ3v) is 4.25. The van der Waals surface area contributed by atoms with E-state index in [-0.39, 0.29) is 5.91 Å². The highest BCUT2D eigenvalue weighted by atomic mass is 32.1. The van der Waals surface area contributed by atoms with Gasteiger partial charge in [0.2, 0.25) is 0 Å². The Morgan fingerprint density at radius 2 is 2.26 bits per heavy atom. The summed E-state index contributed by atoms with van der Waals surface area (Å²) in [4.78, 5) is 17.5. The number of nitrogens with zero attached hydrogens (tertiary/aromatic N) is 1. The van der Waals surface area contributed by atoms with Crippen molar-refractivity contribution in [1.82, 2.24) is 4.98 Å². The average Bonchev–Trinajstić information content (AvgIpc) is 3.07. The van der Waals surface area contributed by atoms with E-state index in [2.05, 4.69) is 10.3 Å². The second-order valence-electron chi connectivity index (χ2n) is 3.86. The third-order valence-electron chi connectivity index (χ3n) is 2.60. The van der Waals surface area contributed by atoms with Gasteiger partial charge in [0.05, 0.1) is 22.4 Å². The van der Waals surface area contributed by atoms with Crippen LogP contribution < -0.4 is 5.32 Å². The summed E-state index contributed by atoms with van der Waals surface area (Å²) in [5.74, 6) is 0.408. The van der Waals surface area contributed by atoms with Gasteiger partial charge in [0, 0.05) is 5.38 Å². The van der Waals surface area contributed by atoms with Crippen LogP contribution in [0.5, 0.6) is 0 Å². The van der Waals surface area contributed by atoms with E-state index in [1.807, 2.05) is 22.9 Å². The number of hydrogen-bond donors (Lipinski definition) is 1. The molecule has 0 aliphatic heterocycles. The fourth-order valence-corrected chi connectivity index (χ4v) is 3.12. The van der Waals surface area contributed by atoms with E-state index in [0.29, 0.717) is 16.5 Å². The predicted octanol–water partition coefficient (Wildman–Crippen LogP) is 4.03. The van der Waals surface area contributed by atoms with Crippen molar-refractivity contribution in [2.45, 2.75) is 6.92 Å². The Morgan fingerprint density at radius 3 is 2.95 bits per heavy atom. The van der Waals surface area contributed by atoms with Crippen molar-refractivity contribution in [3.8, 4) is 10.6 Å². The van der Waals surface area contributed by atoms with E-state index in [1.54, 1.807) is 24.3 Å². The van der Waals surface area contributed by atoms with Crippen LogP contribution in [0.3, 0.4) is 0 Å². The Hall–Kier alpha value is -1.92. The molecule has 1 N–H and O–H groups in total. The number of carbonyl (C=O) groups excluding carboxylic acids is 1. The zero-order chi connectivity index (χ0) is 13.2. The number of carbonyl (C=O) groups is 1. The number of nitrogens with one attached hydrogen (secondary N) is 1. The molecule has 0 fully saturated rings. The summed E-state index contributed by atoms with van der Waals surface area (Å²) in [6.07, 6.45) is 1.50. The van der Waals surface area contributed by atoms with Gasteiger partial charge < -0.3 is 4.42 Å². The number of thiophene rings is 1. The zero-order valence-corrected chi connectivity index (χ0v) is 11.7. The van der Waals surface area contributed by atoms with Gasteiger partial charge >= 0.3 is 0 Å². The largest absolute Gasteiger partial charge is 0.469 e. The molecule has 0 aliphatic carbocycles. The fourth-order valence-electron chi connectivity index (χ4n) is 1.65. The molecule has 0 aromatic carbocycles. The molecule has 3 aromatic rings. The molecule has 96 valence electrons. The summed E-state index contributed by atoms with van der Waals surface area (Å²) >= 11 is 3.04. The summed E-state index contributed by atoms with van der Waals surface area (Å²) in [5, 5.41) is 7.31. The first-order valence-electron chi connectivity index (χ1n) is 5.59. The zero-order valence-electron chi connectivity index (χ0n) is 10.0. The van der Waals surface area contributed by atoms with Gasteiger partial charge in [0.1, 0.15) is 5.76 Å². The van der Waals surface area contributed by atoms with Crippen molar-refractivity contribution in [2.24, 2.45) is 0 Å². The molecule has 0 aliphatic rings. The summed E-state index contributed by atoms with van der Waals surface area (Å²) < 4.78 is 5.11. The van der Waals surface area contributed by atoms with Crippen LogP contribution in [0.1, 0.15) is 16.1 Å². The van der Waals surface area contributed by atoms with E-state index >= 15 is 0 Å². The maximum Gasteiger partial charge on any atom is 0.260 e. The number of amides is 1. The standard InChI is InChI=1S/C13H10N2O2S2/c1-8-9(4-5-17-8)12(16)15-13-14-10(7-19-13)11-3-2-6-18-11/h2-7H,1H3,(H,14,15,16). The number of anilines is 1. The number of rotatable bonds is 3. The van der Waals surface area contributed by atoms with Crippen molar-refractivity contribution in [3.63, 3.8) is 0 Å². The molecule has 3 aromatic heterocycles. The maximum absolute atomic E-state index is 12.0. The molecule has 6 heteroatoms. The molecule has 19 heavy (non-hydrogen) atoms. The number of furan rings is 1. The highest BCUT2D eigenvalue weighted by Crippen LogP contribution is 2.28. The average molecular weight is 290 g/mol. The Morgan fingerprint density at radius 1 is 1.37 bits per heavy atom. The van der Waals surface area contributed by atoms with Crippen LogP contribution in [-0.4, -0.2) is 10.9 Å². The first kappa shape index (κ1) is 12.1. The highest BCUT2D eigenvalue weighted by Gasteiger charge is 2.13. The summed E-state index contributed by atoms with van der Waals surface area (Å²) in [6.45, 7) is 1.76. The summed E-state index contributed by atoms with van der Waals surface area (Å²) in [5.41, 5.74) is 1.42. The number of aromatic nitrogens is 1. The quantitative estimate of drug-likeness (QED) is 0.792. The molecule has 4 nitrogen and oxygen atoms in total. The van der Waals surface area contributed by atoms with Crippen molar-refractivity contribution in [3.05, 3.63) is 46.5 Å². The maximum atomic E-state index is 12.0. The third kappa shape index (κ3) is 2.45. The lowest BCUT2D eigenvalue weighted by molar-refractivity contribution is 0.102. The lowest BCUT2D eigenvalue weighted by atomic mass is 10.2. The minimum Gasteiger partial charge on any atom is -0.469 e. The molecule has 0 bridgehead atoms. The number of hydrogen-bond acceptors (Lipinski definition) is 5. The summed E-state index contributed by atoms with van der Waals surface area (Å²) in [7, 11) is 0. The van der Waals surface area contributed by atoms with E-state index in [0.717, 1.165) is 10.6 Å². The first-order valence-corrected chi connectivity index (χ1v) is 7.35. The van der Waals surface area contributed by atoms with E-state index in [1.165, 1.54) is 17.6 Å². The van der Waals surface area contributed by atoms with Gasteiger partial charge in [0.25, 0.3) is 5.91 Å². The van der Waals surface area contributed by atoms with Gasteiger partial charge in [-0.05, 0) is 24.4 Å². The molecule has 0 saturated carbocycles. The van der Waals surface area contributed by atoms with Crippen LogP contribution in [0.4, 0.5) is 5.13 Å². The Bertz CT molecular complexity index is 698. The van der Waals surface area contributed by atoms with Crippen molar-refractivity contribution in [1.29, 1.82) is 0 Å². The lowest BCUT2D eigenvalue weighted by Gasteiger charge is -1.99. The second-order valence-corrected chi connectivity index (χ2v) is 5.67. The predicted molar refractivity (Wildman–Crippen MR) is 76.8 cm³/mol. The Balaban J connectivity index is 1.78. The molecule has 0 unspecified atom stereocenters. The first-order chi connectivity index (χ1) is 9.24. The van der Waals surface area contributed by atoms with Crippen molar-refractivity contribution in [2.75, 3.05) is 5.32 Å². The number of thiazole rings is 1. The van der Waals surface area contributed by atoms with Crippen LogP contribution in [0.15, 0.2) is 39.6 Å². The van der Waals surface area contributed by atoms with Gasteiger partial charge in [-0.15, -0.1) is 22.7 Å². The van der Waals surface area contributed by atoms with E-state index in [9.17, 15) is 4.79 Å². The Kier molecular flexibility index (Phi) is 3.18. The van der Waals surface area contributed by atoms with Gasteiger partial charge in [-0.2, -0.15) is 0 Å². The lowest BCUT2D eigenvalue weighted by Crippen LogP contribution is -2.11. The van der Waals surface area contributed by atoms with E-state index in [4.69, 9.17) is 4.42 Å². The highest BCUT2D eigenvalue weighted by molar-refractivity contribution is 7.16. The smallest absolute Gasteiger partial charge is 0.260 e. The molecule has 0 spiro atoms. The van der Waals surface area contributed by atoms with Gasteiger partial charge in [0.15, 0.2) is 5.13 Å². The molecular weight excluding hydrogens is 280 g/mol. The monoisotopic (exact) mass is 290 g/mol. The summed E-state index contributed by atoms with van der Waals surface area (Å²) in [6, 6.07) is 5.64. The van der Waals surface area contributed by atoms with Crippen molar-refractivity contribution < 1.29 is 9.21 Å². The molecule has 1 amide bonds. The minimum atomic E-state index is -0.196. The second kappa shape index (κ2) is 4.99. The topological polar surface area (TPSA) is 55.1 Å². The van der Waals surface area contributed by atoms with Gasteiger partial charge in [-0.3, -0.25) is 10.1 Å². The molecule has 0 radical (unpaired) electrons. The van der Waals surface area contributed by atoms with E-state index < -0.39 is 0 Å². The Labute approximate surface area is 117 Å². The minimum absolute atomic E-state index is 0.196. The normalized spacial score (nSPS) is 10.6. The van der Waals surface area contributed by atoms with Crippen molar-refractivity contribution >= 4 is 33.7 Å². The van der Waals surface area contributed by atoms with Gasteiger partial charge in [-0.25, -0.2) is 4.98 Å². The van der Waals surface area contributed by atoms with Gasteiger partial charge in [-0.1, -0.05) is 6.07 Å². The van der Waals surface area contributed by atoms with Crippen LogP contribution in [0.2, 0.25) is 0 Å². The molecule has 0 saturated heterocycles. The molecule has 3 heterocycles. The van der Waals surface area contributed by atoms with Crippen LogP contribution in [-0.2, 0) is 0 Å². The fraction of sp³-hybridized carbons (Fsp3) is 0.0769. The van der Waals surface area contributed by atoms with Crippen LogP contribution in [0, 0.1) is 6.92 Å². The van der Waals surface area contributed by atoms with Crippen LogP contribution in [0.25, 0.3) is 10.6 Å². The van der Waals surface area contributed by atoms with Crippen LogP contribution >= 0.6 is 22.7 Å². The number of aryl methyl sites for hydroxylation is 1.